The van der Waals surface area contributed by atoms with Gasteiger partial charge in [0.1, 0.15) is 5.82 Å². The van der Waals surface area contributed by atoms with E-state index in [2.05, 4.69) is 20.6 Å². The van der Waals surface area contributed by atoms with Crippen LogP contribution in [0.5, 0.6) is 0 Å². The number of carbonyl (C=O) groups is 1. The summed E-state index contributed by atoms with van der Waals surface area (Å²) in [5.41, 5.74) is 1.75. The molecule has 3 heterocycles. The molecule has 1 N–H and O–H groups in total. The Morgan fingerprint density at radius 3 is 2.96 bits per heavy atom. The lowest BCUT2D eigenvalue weighted by atomic mass is 9.97. The first-order valence-electron chi connectivity index (χ1n) is 9.32. The fourth-order valence-electron chi connectivity index (χ4n) is 4.38. The third-order valence-corrected chi connectivity index (χ3v) is 6.37. The molecule has 4 rings (SSSR count). The Kier molecular flexibility index (Phi) is 5.05. The van der Waals surface area contributed by atoms with Crippen LogP contribution in [0.3, 0.4) is 0 Å². The van der Waals surface area contributed by atoms with Crippen molar-refractivity contribution in [3.05, 3.63) is 51.7 Å². The number of benzene rings is 1. The van der Waals surface area contributed by atoms with E-state index in [1.807, 2.05) is 19.1 Å². The summed E-state index contributed by atoms with van der Waals surface area (Å²) >= 11 is 1.64. The maximum absolute atomic E-state index is 14.5. The molecule has 2 saturated heterocycles. The van der Waals surface area contributed by atoms with Crippen LogP contribution in [0.4, 0.5) is 4.39 Å². The van der Waals surface area contributed by atoms with E-state index in [-0.39, 0.29) is 29.8 Å². The molecule has 3 atom stereocenters. The number of rotatable bonds is 3. The van der Waals surface area contributed by atoms with Gasteiger partial charge in [0.2, 0.25) is 5.91 Å². The van der Waals surface area contributed by atoms with Gasteiger partial charge in [-0.2, -0.15) is 0 Å². The Bertz CT molecular complexity index is 793. The fraction of sp³-hybridized carbons (Fsp3) is 0.500. The predicted molar refractivity (Wildman–Crippen MR) is 100 cm³/mol. The molecule has 26 heavy (non-hydrogen) atoms. The van der Waals surface area contributed by atoms with Crippen LogP contribution in [0.15, 0.2) is 29.6 Å². The zero-order chi connectivity index (χ0) is 18.1. The van der Waals surface area contributed by atoms with Crippen LogP contribution in [0, 0.1) is 12.7 Å². The van der Waals surface area contributed by atoms with Crippen LogP contribution in [0.2, 0.25) is 0 Å². The molecule has 1 aromatic heterocycles. The Labute approximate surface area is 157 Å². The summed E-state index contributed by atoms with van der Waals surface area (Å²) in [5, 5.41) is 6.33. The number of nitrogens with one attached hydrogen (secondary N) is 1. The van der Waals surface area contributed by atoms with Gasteiger partial charge in [0, 0.05) is 42.0 Å². The van der Waals surface area contributed by atoms with Crippen molar-refractivity contribution in [3.8, 4) is 0 Å². The Morgan fingerprint density at radius 2 is 2.19 bits per heavy atom. The van der Waals surface area contributed by atoms with Gasteiger partial charge >= 0.3 is 0 Å². The molecule has 1 aromatic carbocycles. The van der Waals surface area contributed by atoms with E-state index >= 15 is 0 Å². The Morgan fingerprint density at radius 1 is 1.35 bits per heavy atom. The van der Waals surface area contributed by atoms with Gasteiger partial charge in [-0.05, 0) is 32.3 Å². The molecule has 138 valence electrons. The lowest BCUT2D eigenvalue weighted by Gasteiger charge is -2.32. The van der Waals surface area contributed by atoms with Crippen LogP contribution in [-0.2, 0) is 11.3 Å². The Hall–Kier alpha value is -1.79. The number of halogens is 1. The van der Waals surface area contributed by atoms with Crippen molar-refractivity contribution in [3.63, 3.8) is 0 Å². The lowest BCUT2D eigenvalue weighted by Crippen LogP contribution is -2.46. The maximum atomic E-state index is 14.5. The first-order chi connectivity index (χ1) is 12.6. The summed E-state index contributed by atoms with van der Waals surface area (Å²) in [6, 6.07) is 7.29. The largest absolute Gasteiger partial charge is 0.352 e. The highest BCUT2D eigenvalue weighted by Crippen LogP contribution is 2.41. The molecule has 0 unspecified atom stereocenters. The van der Waals surface area contributed by atoms with Crippen molar-refractivity contribution in [1.29, 1.82) is 0 Å². The van der Waals surface area contributed by atoms with Crippen molar-refractivity contribution in [2.24, 2.45) is 0 Å². The molecular weight excluding hydrogens is 349 g/mol. The quantitative estimate of drug-likeness (QED) is 0.886. The summed E-state index contributed by atoms with van der Waals surface area (Å²) in [6.45, 7) is 2.70. The molecule has 2 aliphatic heterocycles. The molecule has 2 aromatic rings. The molecule has 0 bridgehead atoms. The van der Waals surface area contributed by atoms with E-state index < -0.39 is 0 Å². The summed E-state index contributed by atoms with van der Waals surface area (Å²) in [5.74, 6) is -0.0455. The fourth-order valence-corrected chi connectivity index (χ4v) is 4.99. The molecule has 2 aliphatic rings. The van der Waals surface area contributed by atoms with Crippen molar-refractivity contribution in [2.75, 3.05) is 0 Å². The van der Waals surface area contributed by atoms with Gasteiger partial charge in [0.05, 0.1) is 10.7 Å². The molecule has 0 radical (unpaired) electrons. The van der Waals surface area contributed by atoms with E-state index in [1.54, 1.807) is 17.4 Å². The lowest BCUT2D eigenvalue weighted by molar-refractivity contribution is -0.122. The first kappa shape index (κ1) is 17.6. The minimum atomic E-state index is -0.169. The minimum absolute atomic E-state index is 0.0355. The average Bonchev–Trinajstić information content (AvgIpc) is 3.15. The van der Waals surface area contributed by atoms with Crippen molar-refractivity contribution in [1.82, 2.24) is 15.2 Å². The third-order valence-electron chi connectivity index (χ3n) is 5.54. The second-order valence-corrected chi connectivity index (χ2v) is 8.35. The van der Waals surface area contributed by atoms with Gasteiger partial charge < -0.3 is 5.32 Å². The van der Waals surface area contributed by atoms with E-state index in [0.29, 0.717) is 13.0 Å². The van der Waals surface area contributed by atoms with Crippen LogP contribution in [0.1, 0.15) is 54.4 Å². The van der Waals surface area contributed by atoms with Crippen molar-refractivity contribution in [2.45, 2.75) is 63.7 Å². The van der Waals surface area contributed by atoms with Crippen LogP contribution < -0.4 is 5.32 Å². The molecule has 0 saturated carbocycles. The van der Waals surface area contributed by atoms with Gasteiger partial charge in [-0.3, -0.25) is 9.69 Å². The maximum Gasteiger partial charge on any atom is 0.220 e. The molecule has 1 amide bonds. The first-order valence-corrected chi connectivity index (χ1v) is 10.2. The topological polar surface area (TPSA) is 45.2 Å². The molecular formula is C20H24FN3OS. The number of aromatic nitrogens is 1. The highest BCUT2D eigenvalue weighted by molar-refractivity contribution is 7.09. The number of amides is 1. The third kappa shape index (κ3) is 3.53. The highest BCUT2D eigenvalue weighted by atomic mass is 32.1. The molecule has 4 nitrogen and oxygen atoms in total. The molecule has 2 fully saturated rings. The summed E-state index contributed by atoms with van der Waals surface area (Å²) < 4.78 is 14.5. The number of thiazole rings is 1. The molecule has 6 heteroatoms. The molecule has 0 aliphatic carbocycles. The van der Waals surface area contributed by atoms with E-state index in [0.717, 1.165) is 41.9 Å². The highest BCUT2D eigenvalue weighted by Gasteiger charge is 2.43. The van der Waals surface area contributed by atoms with Crippen molar-refractivity contribution >= 4 is 17.2 Å². The summed E-state index contributed by atoms with van der Waals surface area (Å²) in [4.78, 5) is 19.1. The number of fused-ring (bicyclic) bond motifs is 1. The van der Waals surface area contributed by atoms with Crippen molar-refractivity contribution < 1.29 is 9.18 Å². The zero-order valence-corrected chi connectivity index (χ0v) is 15.8. The number of carbonyl (C=O) groups excluding carboxylic acids is 1. The normalized spacial score (nSPS) is 26.8. The predicted octanol–water partition coefficient (Wildman–Crippen LogP) is 3.97. The van der Waals surface area contributed by atoms with Gasteiger partial charge in [0.15, 0.2) is 0 Å². The van der Waals surface area contributed by atoms with Gasteiger partial charge in [0.25, 0.3) is 0 Å². The van der Waals surface area contributed by atoms with E-state index in [4.69, 9.17) is 0 Å². The number of nitrogens with zero attached hydrogens (tertiary/aromatic N) is 2. The number of likely N-dealkylation sites (tertiary alicyclic amines) is 1. The van der Waals surface area contributed by atoms with Gasteiger partial charge in [-0.1, -0.05) is 24.6 Å². The van der Waals surface area contributed by atoms with Gasteiger partial charge in [-0.15, -0.1) is 11.3 Å². The SMILES string of the molecule is Cc1nc(CN2[C@H](c3ccccc3F)C[C@H]3NC(=O)CCCC[C@@H]32)cs1. The van der Waals surface area contributed by atoms with Crippen LogP contribution >= 0.6 is 11.3 Å². The standard InChI is InChI=1S/C20H24FN3OS/c1-13-22-14(12-26-13)11-24-18-8-4-5-9-20(25)23-17(18)10-19(24)15-6-2-3-7-16(15)21/h2-3,6-7,12,17-19H,4-5,8-11H2,1H3,(H,23,25)/t17-,18+,19+/m1/s1. The van der Waals surface area contributed by atoms with Crippen LogP contribution in [-0.4, -0.2) is 27.9 Å². The summed E-state index contributed by atoms with van der Waals surface area (Å²) in [7, 11) is 0. The molecule has 0 spiro atoms. The zero-order valence-electron chi connectivity index (χ0n) is 15.0. The monoisotopic (exact) mass is 373 g/mol. The number of hydrogen-bond donors (Lipinski definition) is 1. The van der Waals surface area contributed by atoms with E-state index in [9.17, 15) is 9.18 Å². The van der Waals surface area contributed by atoms with Crippen LogP contribution in [0.25, 0.3) is 0 Å². The average molecular weight is 373 g/mol. The Balaban J connectivity index is 1.68. The van der Waals surface area contributed by atoms with E-state index in [1.165, 1.54) is 6.07 Å². The number of aryl methyl sites for hydroxylation is 1. The second kappa shape index (κ2) is 7.45. The minimum Gasteiger partial charge on any atom is -0.352 e. The number of hydrogen-bond acceptors (Lipinski definition) is 4. The second-order valence-electron chi connectivity index (χ2n) is 7.29. The smallest absolute Gasteiger partial charge is 0.220 e. The van der Waals surface area contributed by atoms with Gasteiger partial charge in [-0.25, -0.2) is 9.37 Å². The summed E-state index contributed by atoms with van der Waals surface area (Å²) in [6.07, 6.45) is 4.33.